The van der Waals surface area contributed by atoms with E-state index in [-0.39, 0.29) is 6.61 Å². The number of benzene rings is 1. The van der Waals surface area contributed by atoms with E-state index < -0.39 is 18.2 Å². The maximum Gasteiger partial charge on any atom is 0.350 e. The molecule has 5 heteroatoms. The van der Waals surface area contributed by atoms with Crippen molar-refractivity contribution in [3.8, 4) is 5.75 Å². The van der Waals surface area contributed by atoms with E-state index in [2.05, 4.69) is 0 Å². The second-order valence-corrected chi connectivity index (χ2v) is 3.92. The van der Waals surface area contributed by atoms with E-state index in [1.54, 1.807) is 31.2 Å². The highest BCUT2D eigenvalue weighted by molar-refractivity contribution is 6.30. The molecule has 0 saturated carbocycles. The summed E-state index contributed by atoms with van der Waals surface area (Å²) in [7, 11) is 0. The molecule has 17 heavy (non-hydrogen) atoms. The number of esters is 1. The molecule has 0 bridgehead atoms. The van der Waals surface area contributed by atoms with E-state index in [4.69, 9.17) is 21.1 Å². The predicted octanol–water partition coefficient (Wildman–Crippen LogP) is 2.03. The van der Waals surface area contributed by atoms with Gasteiger partial charge in [0.1, 0.15) is 5.75 Å². The first-order valence-corrected chi connectivity index (χ1v) is 5.69. The van der Waals surface area contributed by atoms with Crippen molar-refractivity contribution in [2.75, 3.05) is 6.61 Å². The van der Waals surface area contributed by atoms with Crippen molar-refractivity contribution in [2.24, 2.45) is 0 Å². The van der Waals surface area contributed by atoms with Crippen LogP contribution in [-0.4, -0.2) is 29.9 Å². The summed E-state index contributed by atoms with van der Waals surface area (Å²) in [4.78, 5) is 11.5. The molecule has 0 amide bonds. The van der Waals surface area contributed by atoms with Crippen LogP contribution in [0.1, 0.15) is 13.8 Å². The average Bonchev–Trinajstić information content (AvgIpc) is 2.28. The number of rotatable bonds is 5. The fourth-order valence-electron chi connectivity index (χ4n) is 1.23. The van der Waals surface area contributed by atoms with Gasteiger partial charge in [-0.05, 0) is 38.1 Å². The van der Waals surface area contributed by atoms with Crippen LogP contribution < -0.4 is 4.74 Å². The Balaban J connectivity index is 2.73. The summed E-state index contributed by atoms with van der Waals surface area (Å²) >= 11 is 5.73. The lowest BCUT2D eigenvalue weighted by Gasteiger charge is -2.19. The predicted molar refractivity (Wildman–Crippen MR) is 64.2 cm³/mol. The Morgan fingerprint density at radius 2 is 2.00 bits per heavy atom. The molecule has 2 atom stereocenters. The second-order valence-electron chi connectivity index (χ2n) is 3.49. The van der Waals surface area contributed by atoms with Gasteiger partial charge in [0.15, 0.2) is 0 Å². The van der Waals surface area contributed by atoms with Gasteiger partial charge in [-0.2, -0.15) is 0 Å². The van der Waals surface area contributed by atoms with E-state index in [0.717, 1.165) is 0 Å². The molecular formula is C12H15ClO4. The minimum atomic E-state index is -1.03. The van der Waals surface area contributed by atoms with Gasteiger partial charge in [-0.3, -0.25) is 0 Å². The largest absolute Gasteiger partial charge is 0.476 e. The molecule has 0 heterocycles. The minimum Gasteiger partial charge on any atom is -0.476 e. The summed E-state index contributed by atoms with van der Waals surface area (Å²) < 4.78 is 10.2. The first-order chi connectivity index (χ1) is 8.04. The molecule has 0 aromatic heterocycles. The van der Waals surface area contributed by atoms with Crippen LogP contribution in [0.4, 0.5) is 0 Å². The maximum absolute atomic E-state index is 11.5. The lowest BCUT2D eigenvalue weighted by molar-refractivity contribution is -0.156. The monoisotopic (exact) mass is 258 g/mol. The molecule has 0 unspecified atom stereocenters. The molecule has 0 aliphatic carbocycles. The summed E-state index contributed by atoms with van der Waals surface area (Å²) in [5, 5.41) is 10.0. The van der Waals surface area contributed by atoms with Gasteiger partial charge in [-0.15, -0.1) is 0 Å². The Hall–Kier alpha value is -1.26. The second kappa shape index (κ2) is 6.47. The van der Waals surface area contributed by atoms with Gasteiger partial charge >= 0.3 is 5.97 Å². The zero-order valence-corrected chi connectivity index (χ0v) is 10.5. The zero-order chi connectivity index (χ0) is 12.8. The maximum atomic E-state index is 11.5. The summed E-state index contributed by atoms with van der Waals surface area (Å²) in [6, 6.07) is 6.52. The Morgan fingerprint density at radius 1 is 1.41 bits per heavy atom. The first kappa shape index (κ1) is 13.8. The quantitative estimate of drug-likeness (QED) is 0.821. The number of halogens is 1. The molecule has 1 N–H and O–H groups in total. The topological polar surface area (TPSA) is 55.8 Å². The molecule has 0 spiro atoms. The number of hydrogen-bond donors (Lipinski definition) is 1. The number of carbonyl (C=O) groups is 1. The van der Waals surface area contributed by atoms with Gasteiger partial charge in [0.05, 0.1) is 12.7 Å². The third-order valence-corrected chi connectivity index (χ3v) is 2.29. The van der Waals surface area contributed by atoms with E-state index >= 15 is 0 Å². The van der Waals surface area contributed by atoms with Gasteiger partial charge in [0, 0.05) is 5.02 Å². The fraction of sp³-hybridized carbons (Fsp3) is 0.417. The molecule has 0 fully saturated rings. The molecule has 0 aliphatic rings. The van der Waals surface area contributed by atoms with Gasteiger partial charge < -0.3 is 14.6 Å². The Kier molecular flexibility index (Phi) is 5.25. The third-order valence-electron chi connectivity index (χ3n) is 2.03. The number of aliphatic hydroxyl groups is 1. The van der Waals surface area contributed by atoms with Crippen LogP contribution >= 0.6 is 11.6 Å². The van der Waals surface area contributed by atoms with Gasteiger partial charge in [0.2, 0.25) is 6.10 Å². The molecule has 1 aromatic rings. The van der Waals surface area contributed by atoms with Crippen molar-refractivity contribution in [2.45, 2.75) is 26.1 Å². The van der Waals surface area contributed by atoms with Crippen molar-refractivity contribution in [1.29, 1.82) is 0 Å². The van der Waals surface area contributed by atoms with Gasteiger partial charge in [-0.1, -0.05) is 11.6 Å². The van der Waals surface area contributed by atoms with Gasteiger partial charge in [-0.25, -0.2) is 4.79 Å². The molecule has 94 valence electrons. The van der Waals surface area contributed by atoms with Crippen molar-refractivity contribution in [3.05, 3.63) is 29.3 Å². The van der Waals surface area contributed by atoms with E-state index in [1.807, 2.05) is 0 Å². The van der Waals surface area contributed by atoms with Crippen LogP contribution in [0.15, 0.2) is 24.3 Å². The molecule has 1 rings (SSSR count). The van der Waals surface area contributed by atoms with Crippen molar-refractivity contribution in [3.63, 3.8) is 0 Å². The van der Waals surface area contributed by atoms with E-state index in [0.29, 0.717) is 10.8 Å². The molecule has 0 saturated heterocycles. The smallest absolute Gasteiger partial charge is 0.350 e. The highest BCUT2D eigenvalue weighted by atomic mass is 35.5. The zero-order valence-electron chi connectivity index (χ0n) is 9.72. The Labute approximate surface area is 105 Å². The lowest BCUT2D eigenvalue weighted by atomic mass is 10.2. The summed E-state index contributed by atoms with van der Waals surface area (Å²) in [5.41, 5.74) is 0. The van der Waals surface area contributed by atoms with Crippen LogP contribution in [-0.2, 0) is 9.53 Å². The summed E-state index contributed by atoms with van der Waals surface area (Å²) in [5.74, 6) is -0.134. The molecule has 4 nitrogen and oxygen atoms in total. The normalized spacial score (nSPS) is 13.9. The first-order valence-electron chi connectivity index (χ1n) is 5.31. The van der Waals surface area contributed by atoms with Crippen LogP contribution in [0.5, 0.6) is 5.75 Å². The summed E-state index contributed by atoms with van der Waals surface area (Å²) in [6.07, 6.45) is -1.99. The fourth-order valence-corrected chi connectivity index (χ4v) is 1.35. The Morgan fingerprint density at radius 3 is 2.47 bits per heavy atom. The Bertz CT molecular complexity index is 361. The summed E-state index contributed by atoms with van der Waals surface area (Å²) in [6.45, 7) is 3.41. The van der Waals surface area contributed by atoms with Crippen molar-refractivity contribution < 1.29 is 19.4 Å². The van der Waals surface area contributed by atoms with E-state index in [9.17, 15) is 9.90 Å². The number of aliphatic hydroxyl groups excluding tert-OH is 1. The standard InChI is InChI=1S/C12H15ClO4/c1-3-16-12(15)11(8(2)14)17-10-6-4-9(13)5-7-10/h4-8,11,14H,3H2,1-2H3/t8-,11-/m1/s1. The number of ether oxygens (including phenoxy) is 2. The highest BCUT2D eigenvalue weighted by Crippen LogP contribution is 2.18. The third kappa shape index (κ3) is 4.24. The van der Waals surface area contributed by atoms with E-state index in [1.165, 1.54) is 6.92 Å². The molecular weight excluding hydrogens is 244 g/mol. The van der Waals surface area contributed by atoms with Gasteiger partial charge in [0.25, 0.3) is 0 Å². The molecule has 0 radical (unpaired) electrons. The number of carbonyl (C=O) groups excluding carboxylic acids is 1. The van der Waals surface area contributed by atoms with Crippen molar-refractivity contribution in [1.82, 2.24) is 0 Å². The molecule has 0 aliphatic heterocycles. The van der Waals surface area contributed by atoms with Crippen LogP contribution in [0.25, 0.3) is 0 Å². The molecule has 1 aromatic carbocycles. The van der Waals surface area contributed by atoms with Crippen LogP contribution in [0, 0.1) is 0 Å². The highest BCUT2D eigenvalue weighted by Gasteiger charge is 2.27. The SMILES string of the molecule is CCOC(=O)[C@H](Oc1ccc(Cl)cc1)[C@@H](C)O. The van der Waals surface area contributed by atoms with Crippen molar-refractivity contribution >= 4 is 17.6 Å². The average molecular weight is 259 g/mol. The van der Waals surface area contributed by atoms with Crippen LogP contribution in [0.3, 0.4) is 0 Å². The van der Waals surface area contributed by atoms with Crippen LogP contribution in [0.2, 0.25) is 5.02 Å². The number of hydrogen-bond acceptors (Lipinski definition) is 4. The minimum absolute atomic E-state index is 0.242. The lowest BCUT2D eigenvalue weighted by Crippen LogP contribution is -2.38.